The number of fused-ring (bicyclic) bond motifs is 1. The van der Waals surface area contributed by atoms with Crippen molar-refractivity contribution in [3.8, 4) is 5.75 Å². The molecule has 1 aliphatic rings. The topological polar surface area (TPSA) is 75.7 Å². The SMILES string of the molecule is COc1ccc(N2C(=O)CSC2c2ccc(NS(=O)(=O)c3ccc4ccccc4c3)cc2)cc1. The smallest absolute Gasteiger partial charge is 0.261 e. The van der Waals surface area contributed by atoms with Gasteiger partial charge in [0.25, 0.3) is 10.0 Å². The van der Waals surface area contributed by atoms with Crippen LogP contribution in [0.3, 0.4) is 0 Å². The lowest BCUT2D eigenvalue weighted by Crippen LogP contribution is -2.27. The number of nitrogens with one attached hydrogen (secondary N) is 1. The Balaban J connectivity index is 1.36. The molecule has 4 aromatic carbocycles. The molecule has 1 heterocycles. The molecule has 5 rings (SSSR count). The summed E-state index contributed by atoms with van der Waals surface area (Å²) < 4.78 is 33.7. The van der Waals surface area contributed by atoms with Crippen molar-refractivity contribution in [2.24, 2.45) is 0 Å². The molecular weight excluding hydrogens is 468 g/mol. The van der Waals surface area contributed by atoms with E-state index in [1.807, 2.05) is 60.7 Å². The Morgan fingerprint density at radius 3 is 2.32 bits per heavy atom. The second-order valence-electron chi connectivity index (χ2n) is 7.86. The van der Waals surface area contributed by atoms with Gasteiger partial charge in [-0.15, -0.1) is 11.8 Å². The minimum atomic E-state index is -3.74. The number of nitrogens with zero attached hydrogens (tertiary/aromatic N) is 1. The highest BCUT2D eigenvalue weighted by Gasteiger charge is 2.34. The summed E-state index contributed by atoms with van der Waals surface area (Å²) in [6, 6.07) is 27.2. The van der Waals surface area contributed by atoms with Gasteiger partial charge >= 0.3 is 0 Å². The Morgan fingerprint density at radius 1 is 0.912 bits per heavy atom. The van der Waals surface area contributed by atoms with E-state index in [1.54, 1.807) is 42.3 Å². The zero-order valence-electron chi connectivity index (χ0n) is 18.3. The first kappa shape index (κ1) is 22.3. The minimum Gasteiger partial charge on any atom is -0.497 e. The van der Waals surface area contributed by atoms with E-state index in [0.29, 0.717) is 11.4 Å². The molecule has 4 aromatic rings. The molecule has 172 valence electrons. The molecule has 0 bridgehead atoms. The second-order valence-corrected chi connectivity index (χ2v) is 10.6. The highest BCUT2D eigenvalue weighted by Crippen LogP contribution is 2.42. The number of rotatable bonds is 6. The van der Waals surface area contributed by atoms with E-state index in [9.17, 15) is 13.2 Å². The molecule has 1 amide bonds. The van der Waals surface area contributed by atoms with Gasteiger partial charge in [0, 0.05) is 11.4 Å². The van der Waals surface area contributed by atoms with Crippen molar-refractivity contribution in [3.63, 3.8) is 0 Å². The molecule has 6 nitrogen and oxygen atoms in total. The fraction of sp³-hybridized carbons (Fsp3) is 0.115. The van der Waals surface area contributed by atoms with E-state index >= 15 is 0 Å². The number of sulfonamides is 1. The third-order valence-electron chi connectivity index (χ3n) is 5.70. The van der Waals surface area contributed by atoms with Crippen LogP contribution in [0.1, 0.15) is 10.9 Å². The number of ether oxygens (including phenoxy) is 1. The molecule has 1 atom stereocenters. The van der Waals surface area contributed by atoms with Gasteiger partial charge in [-0.2, -0.15) is 0 Å². The molecule has 0 radical (unpaired) electrons. The number of hydrogen-bond acceptors (Lipinski definition) is 5. The summed E-state index contributed by atoms with van der Waals surface area (Å²) in [5.74, 6) is 1.14. The average Bonchev–Trinajstić information content (AvgIpc) is 3.25. The fourth-order valence-corrected chi connectivity index (χ4v) is 6.23. The summed E-state index contributed by atoms with van der Waals surface area (Å²) in [7, 11) is -2.14. The molecule has 0 saturated carbocycles. The maximum atomic E-state index is 12.9. The Kier molecular flexibility index (Phi) is 5.93. The van der Waals surface area contributed by atoms with Crippen LogP contribution in [-0.2, 0) is 14.8 Å². The van der Waals surface area contributed by atoms with Crippen molar-refractivity contribution >= 4 is 49.8 Å². The number of hydrogen-bond donors (Lipinski definition) is 1. The van der Waals surface area contributed by atoms with Crippen molar-refractivity contribution in [1.29, 1.82) is 0 Å². The Hall–Kier alpha value is -3.49. The van der Waals surface area contributed by atoms with Gasteiger partial charge in [0.1, 0.15) is 11.1 Å². The summed E-state index contributed by atoms with van der Waals surface area (Å²) in [6.07, 6.45) is 0. The molecule has 1 aliphatic heterocycles. The third kappa shape index (κ3) is 4.34. The molecule has 34 heavy (non-hydrogen) atoms. The monoisotopic (exact) mass is 490 g/mol. The van der Waals surface area contributed by atoms with E-state index in [-0.39, 0.29) is 16.2 Å². The van der Waals surface area contributed by atoms with Crippen LogP contribution in [0.15, 0.2) is 95.9 Å². The number of carbonyl (C=O) groups excluding carboxylic acids is 1. The average molecular weight is 491 g/mol. The lowest BCUT2D eigenvalue weighted by Gasteiger charge is -2.24. The minimum absolute atomic E-state index is 0.0289. The molecule has 8 heteroatoms. The van der Waals surface area contributed by atoms with Crippen molar-refractivity contribution in [2.75, 3.05) is 22.5 Å². The molecule has 1 fully saturated rings. The van der Waals surface area contributed by atoms with Crippen molar-refractivity contribution in [1.82, 2.24) is 0 Å². The van der Waals surface area contributed by atoms with E-state index in [2.05, 4.69) is 4.72 Å². The summed E-state index contributed by atoms with van der Waals surface area (Å²) in [5, 5.41) is 1.66. The summed E-state index contributed by atoms with van der Waals surface area (Å²) in [4.78, 5) is 14.6. The van der Waals surface area contributed by atoms with Crippen LogP contribution in [0.5, 0.6) is 5.75 Å². The molecule has 1 saturated heterocycles. The van der Waals surface area contributed by atoms with Crippen LogP contribution in [0.25, 0.3) is 10.8 Å². The van der Waals surface area contributed by atoms with Gasteiger partial charge in [-0.25, -0.2) is 8.42 Å². The molecule has 1 N–H and O–H groups in total. The normalized spacial score (nSPS) is 16.1. The molecule has 0 aromatic heterocycles. The van der Waals surface area contributed by atoms with Gasteiger partial charge < -0.3 is 4.74 Å². The van der Waals surface area contributed by atoms with Crippen LogP contribution < -0.4 is 14.4 Å². The van der Waals surface area contributed by atoms with Crippen LogP contribution >= 0.6 is 11.8 Å². The highest BCUT2D eigenvalue weighted by atomic mass is 32.2. The molecule has 0 aliphatic carbocycles. The number of carbonyl (C=O) groups is 1. The predicted octanol–water partition coefficient (Wildman–Crippen LogP) is 5.43. The largest absolute Gasteiger partial charge is 0.497 e. The third-order valence-corrected chi connectivity index (χ3v) is 8.29. The van der Waals surface area contributed by atoms with Crippen molar-refractivity contribution < 1.29 is 17.9 Å². The number of methoxy groups -OCH3 is 1. The zero-order chi connectivity index (χ0) is 23.7. The maximum absolute atomic E-state index is 12.9. The second kappa shape index (κ2) is 9.04. The van der Waals surface area contributed by atoms with Crippen molar-refractivity contribution in [3.05, 3.63) is 96.6 Å². The van der Waals surface area contributed by atoms with Gasteiger partial charge in [0.2, 0.25) is 5.91 Å². The van der Waals surface area contributed by atoms with Gasteiger partial charge in [-0.3, -0.25) is 14.4 Å². The summed E-state index contributed by atoms with van der Waals surface area (Å²) in [5.41, 5.74) is 2.17. The maximum Gasteiger partial charge on any atom is 0.261 e. The summed E-state index contributed by atoms with van der Waals surface area (Å²) in [6.45, 7) is 0. The van der Waals surface area contributed by atoms with Crippen LogP contribution in [0, 0.1) is 0 Å². The van der Waals surface area contributed by atoms with E-state index < -0.39 is 10.0 Å². The molecule has 0 spiro atoms. The Morgan fingerprint density at radius 2 is 1.62 bits per heavy atom. The van der Waals surface area contributed by atoms with Crippen LogP contribution in [-0.4, -0.2) is 27.2 Å². The number of thioether (sulfide) groups is 1. The number of anilines is 2. The first-order valence-corrected chi connectivity index (χ1v) is 13.2. The zero-order valence-corrected chi connectivity index (χ0v) is 20.0. The van der Waals surface area contributed by atoms with Crippen LogP contribution in [0.4, 0.5) is 11.4 Å². The Labute approximate surface area is 202 Å². The predicted molar refractivity (Wildman–Crippen MR) is 137 cm³/mol. The van der Waals surface area contributed by atoms with Gasteiger partial charge in [-0.05, 0) is 64.9 Å². The number of amides is 1. The molecule has 1 unspecified atom stereocenters. The highest BCUT2D eigenvalue weighted by molar-refractivity contribution is 8.00. The van der Waals surface area contributed by atoms with E-state index in [0.717, 1.165) is 27.8 Å². The van der Waals surface area contributed by atoms with Crippen LogP contribution in [0.2, 0.25) is 0 Å². The molecular formula is C26H22N2O4S2. The van der Waals surface area contributed by atoms with Crippen molar-refractivity contribution in [2.45, 2.75) is 10.3 Å². The number of benzene rings is 4. The van der Waals surface area contributed by atoms with Gasteiger partial charge in [-0.1, -0.05) is 42.5 Å². The van der Waals surface area contributed by atoms with E-state index in [1.165, 1.54) is 11.8 Å². The van der Waals surface area contributed by atoms with Gasteiger partial charge in [0.15, 0.2) is 0 Å². The lowest BCUT2D eigenvalue weighted by atomic mass is 10.1. The van der Waals surface area contributed by atoms with E-state index in [4.69, 9.17) is 4.74 Å². The standard InChI is InChI=1S/C26H22N2O4S2/c1-32-23-13-11-22(12-14-23)28-25(29)17-33-26(28)19-6-9-21(10-7-19)27-34(30,31)24-15-8-18-4-2-3-5-20(18)16-24/h2-16,26-27H,17H2,1H3. The lowest BCUT2D eigenvalue weighted by molar-refractivity contribution is -0.115. The Bertz CT molecular complexity index is 1450. The first-order valence-electron chi connectivity index (χ1n) is 10.6. The fourth-order valence-electron chi connectivity index (χ4n) is 3.96. The quantitative estimate of drug-likeness (QED) is 0.390. The summed E-state index contributed by atoms with van der Waals surface area (Å²) >= 11 is 1.54. The first-order chi connectivity index (χ1) is 16.4. The van der Waals surface area contributed by atoms with Gasteiger partial charge in [0.05, 0.1) is 17.8 Å².